The van der Waals surface area contributed by atoms with Crippen molar-refractivity contribution >= 4 is 11.3 Å². The van der Waals surface area contributed by atoms with Gasteiger partial charge in [0.25, 0.3) is 0 Å². The second-order valence-electron chi connectivity index (χ2n) is 7.70. The Morgan fingerprint density at radius 2 is 1.92 bits per heavy atom. The molecule has 128 valence electrons. The predicted octanol–water partition coefficient (Wildman–Crippen LogP) is 4.02. The molecule has 2 aliphatic rings. The van der Waals surface area contributed by atoms with Crippen molar-refractivity contribution in [2.45, 2.75) is 51.1 Å². The van der Waals surface area contributed by atoms with E-state index in [4.69, 9.17) is 5.73 Å². The fraction of sp³-hybridized carbons (Fsp3) is 0.524. The summed E-state index contributed by atoms with van der Waals surface area (Å²) in [5.41, 5.74) is 12.5. The third-order valence-electron chi connectivity index (χ3n) is 5.57. The van der Waals surface area contributed by atoms with Crippen LogP contribution in [0.1, 0.15) is 41.5 Å². The van der Waals surface area contributed by atoms with Crippen molar-refractivity contribution in [3.63, 3.8) is 0 Å². The van der Waals surface area contributed by atoms with E-state index in [9.17, 15) is 0 Å². The highest BCUT2D eigenvalue weighted by Gasteiger charge is 2.25. The van der Waals surface area contributed by atoms with E-state index in [2.05, 4.69) is 39.9 Å². The first kappa shape index (κ1) is 16.3. The molecule has 2 atom stereocenters. The Hall–Kier alpha value is -1.16. The molecule has 24 heavy (non-hydrogen) atoms. The number of hydrogen-bond donors (Lipinski definition) is 1. The van der Waals surface area contributed by atoms with Gasteiger partial charge in [-0.2, -0.15) is 11.3 Å². The molecule has 2 heterocycles. The smallest absolute Gasteiger partial charge is 0.0234 e. The number of fused-ring (bicyclic) bond motifs is 1. The van der Waals surface area contributed by atoms with Gasteiger partial charge in [-0.15, -0.1) is 0 Å². The van der Waals surface area contributed by atoms with Crippen LogP contribution in [0, 0.1) is 5.92 Å². The normalized spacial score (nSPS) is 24.7. The molecule has 4 rings (SSSR count). The average molecular weight is 341 g/mol. The lowest BCUT2D eigenvalue weighted by molar-refractivity contribution is 0.149. The summed E-state index contributed by atoms with van der Waals surface area (Å²) in [6.45, 7) is 3.28. The largest absolute Gasteiger partial charge is 0.327 e. The molecule has 0 bridgehead atoms. The average Bonchev–Trinajstić information content (AvgIpc) is 3.07. The summed E-state index contributed by atoms with van der Waals surface area (Å²) in [4.78, 5) is 2.58. The number of likely N-dealkylation sites (tertiary alicyclic amines) is 1. The van der Waals surface area contributed by atoms with Crippen LogP contribution in [0.5, 0.6) is 0 Å². The van der Waals surface area contributed by atoms with Crippen LogP contribution in [0.3, 0.4) is 0 Å². The number of hydrogen-bond acceptors (Lipinski definition) is 3. The van der Waals surface area contributed by atoms with Crippen molar-refractivity contribution < 1.29 is 0 Å². The molecule has 3 heteroatoms. The zero-order valence-electron chi connectivity index (χ0n) is 14.4. The SMILES string of the molecule is NC1CC(Cc2ccsc2)CN(Cc2ccc3c(c2)CCCC3)C1. The highest BCUT2D eigenvalue weighted by atomic mass is 32.1. The summed E-state index contributed by atoms with van der Waals surface area (Å²) in [6.07, 6.45) is 7.59. The summed E-state index contributed by atoms with van der Waals surface area (Å²) in [7, 11) is 0. The third kappa shape index (κ3) is 3.90. The van der Waals surface area contributed by atoms with Gasteiger partial charge in [0.2, 0.25) is 0 Å². The number of aryl methyl sites for hydroxylation is 2. The maximum absolute atomic E-state index is 6.37. The topological polar surface area (TPSA) is 29.3 Å². The molecule has 1 saturated heterocycles. The number of thiophene rings is 1. The van der Waals surface area contributed by atoms with Gasteiger partial charge in [0.05, 0.1) is 0 Å². The fourth-order valence-corrected chi connectivity index (χ4v) is 5.19. The maximum Gasteiger partial charge on any atom is 0.0234 e. The first-order valence-electron chi connectivity index (χ1n) is 9.36. The predicted molar refractivity (Wildman–Crippen MR) is 102 cm³/mol. The van der Waals surface area contributed by atoms with Crippen molar-refractivity contribution in [3.8, 4) is 0 Å². The second-order valence-corrected chi connectivity index (χ2v) is 8.48. The Kier molecular flexibility index (Phi) is 5.02. The van der Waals surface area contributed by atoms with E-state index in [1.54, 1.807) is 22.5 Å². The van der Waals surface area contributed by atoms with Gasteiger partial charge < -0.3 is 5.73 Å². The van der Waals surface area contributed by atoms with Crippen LogP contribution in [-0.4, -0.2) is 24.0 Å². The van der Waals surface area contributed by atoms with Gasteiger partial charge in [-0.05, 0) is 83.5 Å². The monoisotopic (exact) mass is 340 g/mol. The molecule has 2 nitrogen and oxygen atoms in total. The quantitative estimate of drug-likeness (QED) is 0.911. The molecule has 0 amide bonds. The number of benzene rings is 1. The Morgan fingerprint density at radius 1 is 1.04 bits per heavy atom. The van der Waals surface area contributed by atoms with Crippen LogP contribution < -0.4 is 5.73 Å². The molecule has 1 aromatic carbocycles. The molecule has 1 fully saturated rings. The van der Waals surface area contributed by atoms with Crippen molar-refractivity contribution in [3.05, 3.63) is 57.3 Å². The summed E-state index contributed by atoms with van der Waals surface area (Å²) in [6, 6.07) is 9.76. The van der Waals surface area contributed by atoms with E-state index < -0.39 is 0 Å². The van der Waals surface area contributed by atoms with Gasteiger partial charge in [-0.1, -0.05) is 18.2 Å². The summed E-state index contributed by atoms with van der Waals surface area (Å²) < 4.78 is 0. The Labute approximate surface area is 149 Å². The standard InChI is InChI=1S/C21H28N2S/c22-21-11-18(9-17-7-8-24-15-17)13-23(14-21)12-16-5-6-19-3-1-2-4-20(19)10-16/h5-8,10,15,18,21H,1-4,9,11-14,22H2. The van der Waals surface area contributed by atoms with Gasteiger partial charge in [0.15, 0.2) is 0 Å². The Morgan fingerprint density at radius 3 is 2.75 bits per heavy atom. The highest BCUT2D eigenvalue weighted by Crippen LogP contribution is 2.25. The summed E-state index contributed by atoms with van der Waals surface area (Å²) in [5.74, 6) is 0.695. The lowest BCUT2D eigenvalue weighted by Crippen LogP contribution is -2.47. The molecule has 0 spiro atoms. The van der Waals surface area contributed by atoms with Crippen LogP contribution in [0.2, 0.25) is 0 Å². The first-order chi connectivity index (χ1) is 11.8. The summed E-state index contributed by atoms with van der Waals surface area (Å²) >= 11 is 1.80. The molecule has 1 aliphatic heterocycles. The number of piperidine rings is 1. The van der Waals surface area contributed by atoms with E-state index in [1.165, 1.54) is 49.8 Å². The van der Waals surface area contributed by atoms with E-state index in [0.29, 0.717) is 12.0 Å². The van der Waals surface area contributed by atoms with Crippen LogP contribution in [0.4, 0.5) is 0 Å². The highest BCUT2D eigenvalue weighted by molar-refractivity contribution is 7.07. The minimum atomic E-state index is 0.319. The minimum Gasteiger partial charge on any atom is -0.327 e. The molecule has 2 N–H and O–H groups in total. The van der Waals surface area contributed by atoms with E-state index in [1.807, 2.05) is 0 Å². The zero-order chi connectivity index (χ0) is 16.4. The van der Waals surface area contributed by atoms with Gasteiger partial charge in [0, 0.05) is 25.7 Å². The molecule has 1 aliphatic carbocycles. The van der Waals surface area contributed by atoms with E-state index in [-0.39, 0.29) is 0 Å². The molecular formula is C21H28N2S. The Balaban J connectivity index is 1.41. The van der Waals surface area contributed by atoms with Crippen LogP contribution in [0.25, 0.3) is 0 Å². The van der Waals surface area contributed by atoms with Crippen LogP contribution in [0.15, 0.2) is 35.0 Å². The second kappa shape index (κ2) is 7.38. The van der Waals surface area contributed by atoms with Crippen LogP contribution >= 0.6 is 11.3 Å². The summed E-state index contributed by atoms with van der Waals surface area (Å²) in [5, 5.41) is 4.47. The lowest BCUT2D eigenvalue weighted by Gasteiger charge is -2.36. The number of rotatable bonds is 4. The van der Waals surface area contributed by atoms with E-state index in [0.717, 1.165) is 19.5 Å². The Bertz CT molecular complexity index is 664. The minimum absolute atomic E-state index is 0.319. The molecule has 1 aromatic heterocycles. The van der Waals surface area contributed by atoms with Gasteiger partial charge in [-0.25, -0.2) is 0 Å². The molecule has 2 unspecified atom stereocenters. The van der Waals surface area contributed by atoms with Gasteiger partial charge in [0.1, 0.15) is 0 Å². The number of nitrogens with two attached hydrogens (primary N) is 1. The third-order valence-corrected chi connectivity index (χ3v) is 6.30. The van der Waals surface area contributed by atoms with Crippen LogP contribution in [-0.2, 0) is 25.8 Å². The molecule has 2 aromatic rings. The molecular weight excluding hydrogens is 312 g/mol. The maximum atomic E-state index is 6.37. The van der Waals surface area contributed by atoms with Crippen molar-refractivity contribution in [2.24, 2.45) is 11.7 Å². The van der Waals surface area contributed by atoms with Crippen molar-refractivity contribution in [2.75, 3.05) is 13.1 Å². The van der Waals surface area contributed by atoms with Crippen molar-refractivity contribution in [1.82, 2.24) is 4.90 Å². The molecule has 0 saturated carbocycles. The van der Waals surface area contributed by atoms with Gasteiger partial charge >= 0.3 is 0 Å². The van der Waals surface area contributed by atoms with E-state index >= 15 is 0 Å². The fourth-order valence-electron chi connectivity index (χ4n) is 4.51. The van der Waals surface area contributed by atoms with Gasteiger partial charge in [-0.3, -0.25) is 4.90 Å². The zero-order valence-corrected chi connectivity index (χ0v) is 15.2. The first-order valence-corrected chi connectivity index (χ1v) is 10.3. The van der Waals surface area contributed by atoms with Crippen molar-refractivity contribution in [1.29, 1.82) is 0 Å². The lowest BCUT2D eigenvalue weighted by atomic mass is 9.88. The number of nitrogens with zero attached hydrogens (tertiary/aromatic N) is 1. The molecule has 0 radical (unpaired) electrons.